The molecule has 6 heterocycles. The number of aromatic amines is 2. The van der Waals surface area contributed by atoms with Gasteiger partial charge in [0.2, 0.25) is 11.8 Å². The van der Waals surface area contributed by atoms with Crippen LogP contribution in [0, 0.1) is 11.8 Å². The Bertz CT molecular complexity index is 2560. The van der Waals surface area contributed by atoms with Gasteiger partial charge in [-0.05, 0) is 55.7 Å². The molecule has 4 amide bonds. The standard InChI is InChI=1S/C44H50N8O9/c1-22(2)36(49-43(56)58-5)40(53)51-15-7-9-31(51)38-45-19-29(47-38)24-12-14-27-33(17-24)60-21-28-26-13-11-25(18-34(26)61-42(55)35(27)28)30-20-46-39(48-30)32-10-8-16-52(32)41(54)37(23(3)4)50-44(57)59-6/h11-14,17-20,22-23,31-32,36-37H,7-10,15-16,21H2,1-6H3,(H,45,47)(H,46,48)(H,49,56)(H,50,57)/t31-,32-,36?,37-/m0/s1. The zero-order valence-corrected chi connectivity index (χ0v) is 35.0. The van der Waals surface area contributed by atoms with Crippen LogP contribution in [0.3, 0.4) is 0 Å². The highest BCUT2D eigenvalue weighted by Crippen LogP contribution is 2.42. The van der Waals surface area contributed by atoms with Crippen molar-refractivity contribution in [3.63, 3.8) is 0 Å². The van der Waals surface area contributed by atoms with Crippen molar-refractivity contribution in [2.24, 2.45) is 11.8 Å². The van der Waals surface area contributed by atoms with Crippen LogP contribution in [-0.4, -0.2) is 93.1 Å². The predicted octanol–water partition coefficient (Wildman–Crippen LogP) is 6.22. The number of fused-ring (bicyclic) bond motifs is 5. The Morgan fingerprint density at radius 3 is 1.82 bits per heavy atom. The van der Waals surface area contributed by atoms with Crippen molar-refractivity contribution >= 4 is 35.0 Å². The van der Waals surface area contributed by atoms with Crippen molar-refractivity contribution in [2.45, 2.75) is 84.2 Å². The molecule has 17 nitrogen and oxygen atoms in total. The number of hydrogen-bond donors (Lipinski definition) is 4. The van der Waals surface area contributed by atoms with E-state index in [-0.39, 0.29) is 42.3 Å². The number of methoxy groups -OCH3 is 2. The number of alkyl carbamates (subject to hydrolysis) is 2. The molecule has 5 aromatic rings. The Morgan fingerprint density at radius 1 is 0.770 bits per heavy atom. The lowest BCUT2D eigenvalue weighted by atomic mass is 9.94. The van der Waals surface area contributed by atoms with Gasteiger partial charge in [0.1, 0.15) is 41.7 Å². The van der Waals surface area contributed by atoms with Crippen LogP contribution < -0.4 is 21.0 Å². The second-order valence-electron chi connectivity index (χ2n) is 16.4. The van der Waals surface area contributed by atoms with E-state index in [0.717, 1.165) is 47.0 Å². The van der Waals surface area contributed by atoms with Crippen molar-refractivity contribution in [2.75, 3.05) is 27.3 Å². The summed E-state index contributed by atoms with van der Waals surface area (Å²) in [6.07, 6.45) is 5.14. The van der Waals surface area contributed by atoms with Gasteiger partial charge in [0, 0.05) is 40.7 Å². The fourth-order valence-corrected chi connectivity index (χ4v) is 8.71. The first-order chi connectivity index (χ1) is 29.4. The molecule has 61 heavy (non-hydrogen) atoms. The fourth-order valence-electron chi connectivity index (χ4n) is 8.71. The molecule has 3 aliphatic rings. The number of hydrogen-bond acceptors (Lipinski definition) is 11. The number of nitrogens with zero attached hydrogens (tertiary/aromatic N) is 4. The second-order valence-corrected chi connectivity index (χ2v) is 16.4. The summed E-state index contributed by atoms with van der Waals surface area (Å²) >= 11 is 0. The number of imidazole rings is 2. The molecule has 4 atom stereocenters. The van der Waals surface area contributed by atoms with Crippen LogP contribution in [-0.2, 0) is 25.7 Å². The third-order valence-electron chi connectivity index (χ3n) is 11.9. The number of H-pyrrole nitrogens is 2. The van der Waals surface area contributed by atoms with Gasteiger partial charge in [-0.15, -0.1) is 0 Å². The Hall–Kier alpha value is -6.65. The minimum absolute atomic E-state index is 0.146. The van der Waals surface area contributed by atoms with Crippen LogP contribution in [0.1, 0.15) is 82.7 Å². The summed E-state index contributed by atoms with van der Waals surface area (Å²) in [6, 6.07) is 9.17. The normalized spacial score (nSPS) is 18.1. The first kappa shape index (κ1) is 41.1. The Kier molecular flexibility index (Phi) is 11.3. The molecular formula is C44H50N8O9. The second kappa shape index (κ2) is 16.8. The summed E-state index contributed by atoms with van der Waals surface area (Å²) in [4.78, 5) is 84.6. The topological polar surface area (TPSA) is 214 Å². The van der Waals surface area contributed by atoms with Gasteiger partial charge in [0.15, 0.2) is 0 Å². The Morgan fingerprint density at radius 2 is 1.30 bits per heavy atom. The van der Waals surface area contributed by atoms with Gasteiger partial charge in [-0.2, -0.15) is 0 Å². The fraction of sp³-hybridized carbons (Fsp3) is 0.432. The molecule has 0 radical (unpaired) electrons. The van der Waals surface area contributed by atoms with Gasteiger partial charge in [-0.1, -0.05) is 45.9 Å². The van der Waals surface area contributed by atoms with E-state index < -0.39 is 29.9 Å². The van der Waals surface area contributed by atoms with E-state index in [4.69, 9.17) is 18.6 Å². The molecule has 0 aliphatic carbocycles. The molecule has 3 aromatic heterocycles. The van der Waals surface area contributed by atoms with E-state index >= 15 is 0 Å². The number of amides is 4. The number of nitrogens with one attached hydrogen (secondary N) is 4. The van der Waals surface area contributed by atoms with Gasteiger partial charge in [0.25, 0.3) is 0 Å². The minimum atomic E-state index is -0.740. The van der Waals surface area contributed by atoms with Crippen molar-refractivity contribution in [1.29, 1.82) is 0 Å². The van der Waals surface area contributed by atoms with E-state index in [2.05, 4.69) is 30.6 Å². The van der Waals surface area contributed by atoms with Crippen LogP contribution in [0.5, 0.6) is 5.75 Å². The van der Waals surface area contributed by atoms with E-state index in [1.807, 2.05) is 58.0 Å². The summed E-state index contributed by atoms with van der Waals surface area (Å²) in [5, 5.41) is 6.10. The van der Waals surface area contributed by atoms with Crippen molar-refractivity contribution in [3.05, 3.63) is 76.4 Å². The molecule has 1 unspecified atom stereocenters. The quantitative estimate of drug-likeness (QED) is 0.116. The molecule has 4 N–H and O–H groups in total. The Labute approximate surface area is 351 Å². The average Bonchev–Trinajstić information content (AvgIpc) is 4.10. The van der Waals surface area contributed by atoms with Gasteiger partial charge in [-0.3, -0.25) is 9.59 Å². The maximum absolute atomic E-state index is 13.7. The van der Waals surface area contributed by atoms with Gasteiger partial charge in [0.05, 0.1) is 55.6 Å². The summed E-state index contributed by atoms with van der Waals surface area (Å²) in [6.45, 7) is 8.73. The molecule has 8 rings (SSSR count). The molecule has 0 saturated carbocycles. The lowest BCUT2D eigenvalue weighted by Gasteiger charge is -2.30. The molecule has 17 heteroatoms. The van der Waals surface area contributed by atoms with E-state index in [1.165, 1.54) is 14.2 Å². The first-order valence-corrected chi connectivity index (χ1v) is 20.6. The van der Waals surface area contributed by atoms with E-state index in [0.29, 0.717) is 59.3 Å². The van der Waals surface area contributed by atoms with Gasteiger partial charge in [-0.25, -0.2) is 24.4 Å². The largest absolute Gasteiger partial charge is 0.488 e. The minimum Gasteiger partial charge on any atom is -0.488 e. The average molecular weight is 835 g/mol. The molecule has 2 saturated heterocycles. The van der Waals surface area contributed by atoms with E-state index in [9.17, 15) is 24.0 Å². The maximum Gasteiger partial charge on any atom is 0.407 e. The Balaban J connectivity index is 1.01. The lowest BCUT2D eigenvalue weighted by Crippen LogP contribution is -2.51. The number of ether oxygens (including phenoxy) is 3. The molecule has 3 aliphatic heterocycles. The number of benzene rings is 2. The molecular weight excluding hydrogens is 785 g/mol. The molecule has 0 spiro atoms. The number of rotatable bonds is 10. The van der Waals surface area contributed by atoms with Crippen LogP contribution >= 0.6 is 0 Å². The van der Waals surface area contributed by atoms with Crippen LogP contribution in [0.4, 0.5) is 9.59 Å². The summed E-state index contributed by atoms with van der Waals surface area (Å²) in [5.41, 5.74) is 4.66. The van der Waals surface area contributed by atoms with Crippen molar-refractivity contribution in [3.8, 4) is 39.4 Å². The summed E-state index contributed by atoms with van der Waals surface area (Å²) < 4.78 is 21.8. The highest BCUT2D eigenvalue weighted by atomic mass is 16.5. The van der Waals surface area contributed by atoms with Gasteiger partial charge >= 0.3 is 17.8 Å². The summed E-state index contributed by atoms with van der Waals surface area (Å²) in [5.74, 6) is 1.13. The third-order valence-corrected chi connectivity index (χ3v) is 11.9. The summed E-state index contributed by atoms with van der Waals surface area (Å²) in [7, 11) is 2.54. The highest BCUT2D eigenvalue weighted by Gasteiger charge is 2.39. The van der Waals surface area contributed by atoms with Crippen LogP contribution in [0.2, 0.25) is 0 Å². The maximum atomic E-state index is 13.7. The first-order valence-electron chi connectivity index (χ1n) is 20.6. The van der Waals surface area contributed by atoms with Crippen molar-refractivity contribution < 1.29 is 37.8 Å². The third kappa shape index (κ3) is 7.79. The molecule has 320 valence electrons. The van der Waals surface area contributed by atoms with Crippen LogP contribution in [0.25, 0.3) is 44.6 Å². The molecule has 2 fully saturated rings. The zero-order valence-electron chi connectivity index (χ0n) is 35.0. The predicted molar refractivity (Wildman–Crippen MR) is 223 cm³/mol. The SMILES string of the molecule is COC(=O)NC(C(=O)N1CCC[C@H]1c1ncc(-c2ccc3c(c2)OCc2c-3c(=O)oc3cc(-c4cnc([C@@H]5CCCN5C(=O)[C@@H](NC(=O)OC)C(C)C)[nH]4)ccc23)[nH]1)C(C)C. The van der Waals surface area contributed by atoms with E-state index in [1.54, 1.807) is 28.3 Å². The lowest BCUT2D eigenvalue weighted by molar-refractivity contribution is -0.136. The number of aromatic nitrogens is 4. The molecule has 0 bridgehead atoms. The van der Waals surface area contributed by atoms with Crippen molar-refractivity contribution in [1.82, 2.24) is 40.4 Å². The van der Waals surface area contributed by atoms with Crippen LogP contribution in [0.15, 0.2) is 58.0 Å². The highest BCUT2D eigenvalue weighted by molar-refractivity contribution is 5.92. The molecule has 2 aromatic carbocycles. The number of carbonyl (C=O) groups is 4. The zero-order chi connectivity index (χ0) is 43.1. The van der Waals surface area contributed by atoms with Gasteiger partial charge < -0.3 is 49.0 Å². The monoisotopic (exact) mass is 834 g/mol. The smallest absolute Gasteiger partial charge is 0.407 e. The number of carbonyl (C=O) groups excluding carboxylic acids is 4. The number of likely N-dealkylation sites (tertiary alicyclic amines) is 2.